The van der Waals surface area contributed by atoms with Gasteiger partial charge < -0.3 is 21.1 Å². The summed E-state index contributed by atoms with van der Waals surface area (Å²) in [6.45, 7) is 1.01. The zero-order chi connectivity index (χ0) is 20.6. The molecule has 0 radical (unpaired) electrons. The highest BCUT2D eigenvalue weighted by atomic mass is 35.5. The number of rotatable bonds is 2. The number of aliphatic hydroxyl groups is 1. The molecule has 2 atom stereocenters. The second-order valence-corrected chi connectivity index (χ2v) is 7.23. The van der Waals surface area contributed by atoms with Gasteiger partial charge in [0.2, 0.25) is 0 Å². The number of alkyl halides is 3. The smallest absolute Gasteiger partial charge is 0.398 e. The van der Waals surface area contributed by atoms with Crippen molar-refractivity contribution in [3.05, 3.63) is 34.6 Å². The predicted molar refractivity (Wildman–Crippen MR) is 96.8 cm³/mol. The zero-order valence-electron chi connectivity index (χ0n) is 14.6. The number of hydrogen-bond acceptors (Lipinski definition) is 6. The summed E-state index contributed by atoms with van der Waals surface area (Å²) >= 11 is 5.82. The largest absolute Gasteiger partial charge is 0.401 e. The van der Waals surface area contributed by atoms with Gasteiger partial charge in [0.1, 0.15) is 23.7 Å². The Hall–Kier alpha value is -2.33. The average molecular weight is 418 g/mol. The summed E-state index contributed by atoms with van der Waals surface area (Å²) in [5.74, 6) is -4.18. The van der Waals surface area contributed by atoms with Crippen LogP contribution in [0, 0.1) is 17.2 Å². The summed E-state index contributed by atoms with van der Waals surface area (Å²) in [4.78, 5) is 17.7. The highest BCUT2D eigenvalue weighted by molar-refractivity contribution is 6.30. The van der Waals surface area contributed by atoms with Crippen molar-refractivity contribution < 1.29 is 23.1 Å². The van der Waals surface area contributed by atoms with E-state index in [-0.39, 0.29) is 5.70 Å². The van der Waals surface area contributed by atoms with Crippen LogP contribution in [0.2, 0.25) is 5.02 Å². The van der Waals surface area contributed by atoms with Gasteiger partial charge in [0.25, 0.3) is 5.91 Å². The van der Waals surface area contributed by atoms with Crippen molar-refractivity contribution in [3.63, 3.8) is 0 Å². The van der Waals surface area contributed by atoms with E-state index in [1.807, 2.05) is 10.2 Å². The fourth-order valence-corrected chi connectivity index (χ4v) is 3.70. The molecule has 11 heteroatoms. The van der Waals surface area contributed by atoms with E-state index >= 15 is 0 Å². The monoisotopic (exact) mass is 417 g/mol. The van der Waals surface area contributed by atoms with Crippen molar-refractivity contribution in [2.24, 2.45) is 17.6 Å². The number of carbonyl (C=O) groups excluding carboxylic acids is 1. The number of carbonyl (C=O) groups is 1. The standard InChI is InChI=1S/C17H19ClF3N5O2/c18-9-1-2-10(24-7-9)26-5-3-8(4-6-26)13(22)11-12(17(19,20)21)14(27)16(28)25-15(11)23/h1-2,7-8,12,14,27H,3-6,22H2,(H2,23,25,28)/t12?,14-/m1/s1. The van der Waals surface area contributed by atoms with Crippen molar-refractivity contribution in [2.45, 2.75) is 25.1 Å². The fraction of sp³-hybridized carbons (Fsp3) is 0.471. The minimum absolute atomic E-state index is 0.116. The van der Waals surface area contributed by atoms with Crippen molar-refractivity contribution >= 4 is 29.2 Å². The maximum Gasteiger partial charge on any atom is 0.398 e. The molecule has 3 heterocycles. The third kappa shape index (κ3) is 3.93. The molecule has 152 valence electrons. The number of halogens is 4. The number of anilines is 1. The van der Waals surface area contributed by atoms with E-state index in [1.54, 1.807) is 12.1 Å². The first kappa shape index (κ1) is 20.4. The summed E-state index contributed by atoms with van der Waals surface area (Å²) < 4.78 is 40.4. The Bertz CT molecular complexity index is 804. The van der Waals surface area contributed by atoms with E-state index in [1.165, 1.54) is 6.20 Å². The van der Waals surface area contributed by atoms with Crippen molar-refractivity contribution in [1.29, 1.82) is 5.41 Å². The molecule has 1 amide bonds. The van der Waals surface area contributed by atoms with E-state index in [2.05, 4.69) is 4.98 Å². The Morgan fingerprint density at radius 1 is 1.36 bits per heavy atom. The number of amidine groups is 1. The molecule has 1 unspecified atom stereocenters. The highest BCUT2D eigenvalue weighted by Crippen LogP contribution is 2.40. The minimum atomic E-state index is -4.91. The molecule has 2 saturated heterocycles. The van der Waals surface area contributed by atoms with Gasteiger partial charge in [-0.3, -0.25) is 10.2 Å². The second kappa shape index (κ2) is 7.59. The van der Waals surface area contributed by atoms with Crippen molar-refractivity contribution in [3.8, 4) is 0 Å². The van der Waals surface area contributed by atoms with E-state index in [9.17, 15) is 23.1 Å². The van der Waals surface area contributed by atoms with Gasteiger partial charge >= 0.3 is 6.18 Å². The van der Waals surface area contributed by atoms with Crippen LogP contribution in [0.25, 0.3) is 0 Å². The first-order chi connectivity index (χ1) is 13.1. The molecule has 1 aromatic heterocycles. The fourth-order valence-electron chi connectivity index (χ4n) is 3.59. The number of nitrogens with two attached hydrogens (primary N) is 1. The quantitative estimate of drug-likeness (QED) is 0.585. The molecule has 28 heavy (non-hydrogen) atoms. The van der Waals surface area contributed by atoms with Crippen LogP contribution in [-0.4, -0.2) is 47.2 Å². The van der Waals surface area contributed by atoms with Crippen LogP contribution in [0.4, 0.5) is 19.0 Å². The van der Waals surface area contributed by atoms with Crippen LogP contribution in [0.15, 0.2) is 29.6 Å². The third-order valence-electron chi connectivity index (χ3n) is 5.05. The van der Waals surface area contributed by atoms with E-state index in [0.717, 1.165) is 0 Å². The Kier molecular flexibility index (Phi) is 5.53. The van der Waals surface area contributed by atoms with Crippen LogP contribution >= 0.6 is 11.6 Å². The number of piperidine rings is 2. The van der Waals surface area contributed by atoms with Gasteiger partial charge in [-0.05, 0) is 25.0 Å². The molecule has 0 aromatic carbocycles. The van der Waals surface area contributed by atoms with Gasteiger partial charge in [0.05, 0.1) is 5.02 Å². The van der Waals surface area contributed by atoms with Crippen molar-refractivity contribution in [2.75, 3.05) is 18.0 Å². The summed E-state index contributed by atoms with van der Waals surface area (Å²) in [6.07, 6.45) is -4.83. The van der Waals surface area contributed by atoms with E-state index in [4.69, 9.17) is 22.7 Å². The maximum absolute atomic E-state index is 13.5. The topological polar surface area (TPSA) is 115 Å². The molecule has 0 saturated carbocycles. The first-order valence-electron chi connectivity index (χ1n) is 8.60. The number of pyridine rings is 1. The normalized spacial score (nSPS) is 26.2. The lowest BCUT2D eigenvalue weighted by atomic mass is 9.81. The van der Waals surface area contributed by atoms with Gasteiger partial charge in [-0.2, -0.15) is 13.2 Å². The number of amides is 1. The summed E-state index contributed by atoms with van der Waals surface area (Å²) in [6, 6.07) is 3.46. The molecular weight excluding hydrogens is 399 g/mol. The number of nitrogens with one attached hydrogen (secondary N) is 2. The number of aliphatic hydroxyl groups excluding tert-OH is 1. The molecule has 0 aliphatic carbocycles. The summed E-state index contributed by atoms with van der Waals surface area (Å²) in [7, 11) is 0. The Morgan fingerprint density at radius 2 is 2.00 bits per heavy atom. The Balaban J connectivity index is 1.82. The molecule has 1 aromatic rings. The number of allylic oxidation sites excluding steroid dienone is 1. The second-order valence-electron chi connectivity index (χ2n) is 6.79. The molecule has 2 aliphatic rings. The van der Waals surface area contributed by atoms with E-state index in [0.29, 0.717) is 36.8 Å². The van der Waals surface area contributed by atoms with Gasteiger partial charge in [-0.25, -0.2) is 4.98 Å². The zero-order valence-corrected chi connectivity index (χ0v) is 15.4. The first-order valence-corrected chi connectivity index (χ1v) is 8.98. The lowest BCUT2D eigenvalue weighted by molar-refractivity contribution is -0.191. The predicted octanol–water partition coefficient (Wildman–Crippen LogP) is 1.81. The number of nitrogens with zero attached hydrogens (tertiary/aromatic N) is 2. The Labute approximate surface area is 163 Å². The van der Waals surface area contributed by atoms with Crippen LogP contribution < -0.4 is 16.0 Å². The molecule has 7 nitrogen and oxygen atoms in total. The molecule has 5 N–H and O–H groups in total. The maximum atomic E-state index is 13.5. The molecule has 3 rings (SSSR count). The number of hydrogen-bond donors (Lipinski definition) is 4. The number of aromatic nitrogens is 1. The van der Waals surface area contributed by atoms with Crippen molar-refractivity contribution in [1.82, 2.24) is 10.3 Å². The van der Waals surface area contributed by atoms with Crippen LogP contribution in [0.5, 0.6) is 0 Å². The lowest BCUT2D eigenvalue weighted by Crippen LogP contribution is -2.56. The highest BCUT2D eigenvalue weighted by Gasteiger charge is 2.54. The Morgan fingerprint density at radius 3 is 2.54 bits per heavy atom. The van der Waals surface area contributed by atoms with Gasteiger partial charge in [-0.1, -0.05) is 11.6 Å². The summed E-state index contributed by atoms with van der Waals surface area (Å²) in [5.41, 5.74) is 5.37. The van der Waals surface area contributed by atoms with Crippen LogP contribution in [0.3, 0.4) is 0 Å². The molecule has 0 bridgehead atoms. The van der Waals surface area contributed by atoms with Crippen LogP contribution in [-0.2, 0) is 4.79 Å². The molecular formula is C17H19ClF3N5O2. The minimum Gasteiger partial charge on any atom is -0.401 e. The lowest BCUT2D eigenvalue weighted by Gasteiger charge is -2.37. The third-order valence-corrected chi connectivity index (χ3v) is 5.27. The summed E-state index contributed by atoms with van der Waals surface area (Å²) in [5, 5.41) is 20.0. The molecule has 0 spiro atoms. The van der Waals surface area contributed by atoms with E-state index < -0.39 is 41.4 Å². The van der Waals surface area contributed by atoms with Gasteiger partial charge in [-0.15, -0.1) is 0 Å². The van der Waals surface area contributed by atoms with Gasteiger partial charge in [0.15, 0.2) is 0 Å². The van der Waals surface area contributed by atoms with Gasteiger partial charge in [0, 0.05) is 36.5 Å². The molecule has 2 aliphatic heterocycles. The molecule has 2 fully saturated rings. The average Bonchev–Trinajstić information content (AvgIpc) is 2.64. The SMILES string of the molecule is N=C1NC(=O)[C@H](O)C(C(F)(F)F)C1=C(N)C1CCN(c2ccc(Cl)cn2)CC1. The van der Waals surface area contributed by atoms with Crippen LogP contribution in [0.1, 0.15) is 12.8 Å².